The van der Waals surface area contributed by atoms with Gasteiger partial charge in [-0.1, -0.05) is 147 Å². The lowest BCUT2D eigenvalue weighted by molar-refractivity contribution is 0.660. The number of para-hydroxylation sites is 2. The van der Waals surface area contributed by atoms with Crippen molar-refractivity contribution in [3.8, 4) is 33.4 Å². The first-order valence-corrected chi connectivity index (χ1v) is 20.6. The molecule has 0 bridgehead atoms. The summed E-state index contributed by atoms with van der Waals surface area (Å²) in [4.78, 5) is 4.75. The van der Waals surface area contributed by atoms with E-state index in [1.54, 1.807) is 0 Å². The molecule has 0 aliphatic heterocycles. The third-order valence-corrected chi connectivity index (χ3v) is 12.8. The van der Waals surface area contributed by atoms with Crippen LogP contribution in [0.3, 0.4) is 0 Å². The van der Waals surface area contributed by atoms with Crippen LogP contribution in [0.2, 0.25) is 0 Å². The highest BCUT2D eigenvalue weighted by molar-refractivity contribution is 9.10. The van der Waals surface area contributed by atoms with E-state index in [0.717, 1.165) is 38.6 Å². The van der Waals surface area contributed by atoms with Crippen molar-refractivity contribution in [2.45, 2.75) is 38.5 Å². The normalized spacial score (nSPS) is 14.0. The Balaban J connectivity index is 0.982. The summed E-state index contributed by atoms with van der Waals surface area (Å²) in [6.45, 7) is 9.37. The van der Waals surface area contributed by atoms with E-state index in [4.69, 9.17) is 0 Å². The first-order chi connectivity index (χ1) is 27.7. The molecule has 0 N–H and O–H groups in total. The van der Waals surface area contributed by atoms with Crippen LogP contribution < -0.4 is 9.80 Å². The van der Waals surface area contributed by atoms with Crippen molar-refractivity contribution in [3.05, 3.63) is 215 Å². The third-order valence-electron chi connectivity index (χ3n) is 12.3. The van der Waals surface area contributed by atoms with E-state index in [1.165, 1.54) is 55.6 Å². The molecule has 0 radical (unpaired) electrons. The van der Waals surface area contributed by atoms with Crippen molar-refractivity contribution in [1.82, 2.24) is 0 Å². The van der Waals surface area contributed by atoms with Crippen LogP contribution in [0.25, 0.3) is 33.4 Å². The van der Waals surface area contributed by atoms with Crippen LogP contribution >= 0.6 is 15.9 Å². The van der Waals surface area contributed by atoms with E-state index in [0.29, 0.717) is 0 Å². The fraction of sp³-hybridized carbons (Fsp3) is 0.111. The zero-order chi connectivity index (χ0) is 38.9. The van der Waals surface area contributed by atoms with Gasteiger partial charge in [0.25, 0.3) is 0 Å². The van der Waals surface area contributed by atoms with Gasteiger partial charge in [0.15, 0.2) is 0 Å². The monoisotopic (exact) mass is 798 g/mol. The van der Waals surface area contributed by atoms with Gasteiger partial charge in [0.1, 0.15) is 0 Å². The molecule has 2 nitrogen and oxygen atoms in total. The van der Waals surface area contributed by atoms with Crippen molar-refractivity contribution in [1.29, 1.82) is 0 Å². The summed E-state index contributed by atoms with van der Waals surface area (Å²) < 4.78 is 1.12. The summed E-state index contributed by atoms with van der Waals surface area (Å²) in [5.74, 6) is 0. The van der Waals surface area contributed by atoms with Gasteiger partial charge in [0.2, 0.25) is 0 Å². The van der Waals surface area contributed by atoms with Crippen LogP contribution in [0.4, 0.5) is 34.1 Å². The van der Waals surface area contributed by atoms with Crippen molar-refractivity contribution in [2.24, 2.45) is 0 Å². The predicted octanol–water partition coefficient (Wildman–Crippen LogP) is 15.7. The standard InChI is InChI=1S/C54H43BrN2/c1-53(2)49-18-12-11-17-45(49)47-31-28-43(34-51(47)53)56(39-13-7-5-8-14-39)41-24-19-36(20-25-41)37-21-26-42(27-22-37)57(40-15-9-6-10-16-40)44-29-32-48-46-30-23-38(55)33-50(46)54(3,4)52(48)35-44/h5-35H,1-4H3. The smallest absolute Gasteiger partial charge is 0.0465 e. The highest BCUT2D eigenvalue weighted by Crippen LogP contribution is 2.52. The molecule has 276 valence electrons. The Morgan fingerprint density at radius 1 is 0.316 bits per heavy atom. The molecule has 8 aromatic carbocycles. The minimum absolute atomic E-state index is 0.0724. The number of benzene rings is 8. The fourth-order valence-corrected chi connectivity index (χ4v) is 9.68. The molecule has 0 amide bonds. The van der Waals surface area contributed by atoms with Crippen LogP contribution in [0.5, 0.6) is 0 Å². The molecule has 0 heterocycles. The molecule has 0 spiro atoms. The quantitative estimate of drug-likeness (QED) is 0.158. The Morgan fingerprint density at radius 3 is 1.16 bits per heavy atom. The van der Waals surface area contributed by atoms with Gasteiger partial charge in [-0.2, -0.15) is 0 Å². The Labute approximate surface area is 344 Å². The molecule has 2 aliphatic rings. The molecule has 3 heteroatoms. The maximum absolute atomic E-state index is 3.72. The van der Waals surface area contributed by atoms with Crippen LogP contribution in [0, 0.1) is 0 Å². The lowest BCUT2D eigenvalue weighted by Gasteiger charge is -2.28. The van der Waals surface area contributed by atoms with Crippen LogP contribution in [-0.2, 0) is 10.8 Å². The van der Waals surface area contributed by atoms with E-state index in [2.05, 4.69) is 241 Å². The number of rotatable bonds is 7. The predicted molar refractivity (Wildman–Crippen MR) is 244 cm³/mol. The van der Waals surface area contributed by atoms with Gasteiger partial charge in [0, 0.05) is 49.4 Å². The van der Waals surface area contributed by atoms with Crippen molar-refractivity contribution < 1.29 is 0 Å². The van der Waals surface area contributed by atoms with Gasteiger partial charge in [-0.25, -0.2) is 0 Å². The van der Waals surface area contributed by atoms with E-state index in [-0.39, 0.29) is 10.8 Å². The number of fused-ring (bicyclic) bond motifs is 6. The number of hydrogen-bond acceptors (Lipinski definition) is 2. The van der Waals surface area contributed by atoms with Gasteiger partial charge < -0.3 is 9.80 Å². The van der Waals surface area contributed by atoms with Crippen molar-refractivity contribution in [3.63, 3.8) is 0 Å². The second kappa shape index (κ2) is 13.5. The molecule has 0 unspecified atom stereocenters. The lowest BCUT2D eigenvalue weighted by Crippen LogP contribution is -2.16. The van der Waals surface area contributed by atoms with Crippen molar-refractivity contribution >= 4 is 50.1 Å². The number of hydrogen-bond donors (Lipinski definition) is 0. The molecular weight excluding hydrogens is 757 g/mol. The van der Waals surface area contributed by atoms with Gasteiger partial charge in [0.05, 0.1) is 0 Å². The van der Waals surface area contributed by atoms with E-state index in [1.807, 2.05) is 0 Å². The first kappa shape index (κ1) is 35.3. The zero-order valence-corrected chi connectivity index (χ0v) is 34.3. The second-order valence-electron chi connectivity index (χ2n) is 16.4. The molecule has 8 aromatic rings. The highest BCUT2D eigenvalue weighted by atomic mass is 79.9. The zero-order valence-electron chi connectivity index (χ0n) is 32.7. The number of nitrogens with zero attached hydrogens (tertiary/aromatic N) is 2. The maximum Gasteiger partial charge on any atom is 0.0465 e. The summed E-state index contributed by atoms with van der Waals surface area (Å²) >= 11 is 3.72. The van der Waals surface area contributed by atoms with Crippen LogP contribution in [0.15, 0.2) is 193 Å². The average Bonchev–Trinajstić information content (AvgIpc) is 3.61. The van der Waals surface area contributed by atoms with Gasteiger partial charge in [-0.05, 0) is 141 Å². The Bertz CT molecular complexity index is 2780. The molecular formula is C54H43BrN2. The fourth-order valence-electron chi connectivity index (χ4n) is 9.32. The molecule has 0 atom stereocenters. The summed E-state index contributed by atoms with van der Waals surface area (Å²) in [6, 6.07) is 68.9. The van der Waals surface area contributed by atoms with Gasteiger partial charge >= 0.3 is 0 Å². The minimum atomic E-state index is -0.109. The summed E-state index contributed by atoms with van der Waals surface area (Å²) in [5, 5.41) is 0. The molecule has 0 saturated heterocycles. The summed E-state index contributed by atoms with van der Waals surface area (Å²) in [5.41, 5.74) is 19.8. The average molecular weight is 800 g/mol. The van der Waals surface area contributed by atoms with Crippen LogP contribution in [-0.4, -0.2) is 0 Å². The molecule has 0 fully saturated rings. The van der Waals surface area contributed by atoms with Crippen LogP contribution in [0.1, 0.15) is 49.9 Å². The summed E-state index contributed by atoms with van der Waals surface area (Å²) in [6.07, 6.45) is 0. The first-order valence-electron chi connectivity index (χ1n) is 19.8. The molecule has 0 aromatic heterocycles. The Kier molecular flexibility index (Phi) is 8.35. The SMILES string of the molecule is CC1(C)c2ccccc2-c2ccc(N(c3ccccc3)c3ccc(-c4ccc(N(c5ccccc5)c5ccc6c(c5)C(C)(C)c5cc(Br)ccc5-6)cc4)cc3)cc21. The lowest BCUT2D eigenvalue weighted by atomic mass is 9.82. The Hall–Kier alpha value is -6.16. The molecule has 10 rings (SSSR count). The molecule has 0 saturated carbocycles. The Morgan fingerprint density at radius 2 is 0.667 bits per heavy atom. The minimum Gasteiger partial charge on any atom is -0.310 e. The summed E-state index contributed by atoms with van der Waals surface area (Å²) in [7, 11) is 0. The maximum atomic E-state index is 3.72. The number of halogens is 1. The van der Waals surface area contributed by atoms with Gasteiger partial charge in [-0.3, -0.25) is 0 Å². The topological polar surface area (TPSA) is 6.48 Å². The third kappa shape index (κ3) is 5.83. The van der Waals surface area contributed by atoms with Gasteiger partial charge in [-0.15, -0.1) is 0 Å². The highest BCUT2D eigenvalue weighted by Gasteiger charge is 2.37. The number of anilines is 6. The molecule has 57 heavy (non-hydrogen) atoms. The van der Waals surface area contributed by atoms with E-state index in [9.17, 15) is 0 Å². The van der Waals surface area contributed by atoms with E-state index >= 15 is 0 Å². The molecule has 2 aliphatic carbocycles. The largest absolute Gasteiger partial charge is 0.310 e. The van der Waals surface area contributed by atoms with E-state index < -0.39 is 0 Å². The second-order valence-corrected chi connectivity index (χ2v) is 17.3. The van der Waals surface area contributed by atoms with Crippen molar-refractivity contribution in [2.75, 3.05) is 9.80 Å².